The summed E-state index contributed by atoms with van der Waals surface area (Å²) < 4.78 is 22.2. The third kappa shape index (κ3) is 6.65. The van der Waals surface area contributed by atoms with E-state index < -0.39 is 5.97 Å². The van der Waals surface area contributed by atoms with Crippen LogP contribution >= 0.6 is 11.5 Å². The standard InChI is InChI=1S/C20H26FN5O3S/c1-2-29-18(27)13-23-19(28)22-12-15-7-9-26(10-8-15)20-24-17(25-30-20)11-14-3-5-16(21)6-4-14/h3-6,15H,2,7-13H2,1H3,(H2,22,23,28). The van der Waals surface area contributed by atoms with Crippen LogP contribution in [0.25, 0.3) is 0 Å². The molecule has 1 saturated heterocycles. The Balaban J connectivity index is 1.38. The molecule has 2 aromatic rings. The Bertz CT molecular complexity index is 837. The van der Waals surface area contributed by atoms with Gasteiger partial charge in [0.15, 0.2) is 0 Å². The molecule has 2 N–H and O–H groups in total. The fraction of sp³-hybridized carbons (Fsp3) is 0.500. The number of rotatable bonds is 8. The van der Waals surface area contributed by atoms with Crippen LogP contribution in [-0.2, 0) is 16.0 Å². The van der Waals surface area contributed by atoms with E-state index in [-0.39, 0.29) is 18.4 Å². The molecule has 162 valence electrons. The van der Waals surface area contributed by atoms with Crippen LogP contribution < -0.4 is 15.5 Å². The summed E-state index contributed by atoms with van der Waals surface area (Å²) in [6, 6.07) is 6.02. The van der Waals surface area contributed by atoms with Gasteiger partial charge in [0.25, 0.3) is 0 Å². The number of carbonyl (C=O) groups is 2. The number of anilines is 1. The third-order valence-electron chi connectivity index (χ3n) is 4.87. The van der Waals surface area contributed by atoms with Crippen LogP contribution in [0.5, 0.6) is 0 Å². The second-order valence-electron chi connectivity index (χ2n) is 7.10. The van der Waals surface area contributed by atoms with Crippen molar-refractivity contribution in [3.8, 4) is 0 Å². The van der Waals surface area contributed by atoms with E-state index in [4.69, 9.17) is 4.74 Å². The molecule has 1 aliphatic rings. The minimum atomic E-state index is -0.447. The Morgan fingerprint density at radius 3 is 2.67 bits per heavy atom. The van der Waals surface area contributed by atoms with Gasteiger partial charge in [0.1, 0.15) is 18.2 Å². The number of carbonyl (C=O) groups excluding carboxylic acids is 2. The van der Waals surface area contributed by atoms with E-state index in [0.717, 1.165) is 42.5 Å². The molecule has 1 aromatic carbocycles. The van der Waals surface area contributed by atoms with Crippen molar-refractivity contribution in [3.05, 3.63) is 41.5 Å². The molecule has 8 nitrogen and oxygen atoms in total. The first-order valence-corrected chi connectivity index (χ1v) is 10.8. The van der Waals surface area contributed by atoms with E-state index in [1.807, 2.05) is 0 Å². The molecule has 1 aliphatic heterocycles. The molecule has 0 radical (unpaired) electrons. The fourth-order valence-electron chi connectivity index (χ4n) is 3.22. The van der Waals surface area contributed by atoms with Crippen molar-refractivity contribution in [2.45, 2.75) is 26.2 Å². The van der Waals surface area contributed by atoms with E-state index in [9.17, 15) is 14.0 Å². The van der Waals surface area contributed by atoms with Crippen molar-refractivity contribution < 1.29 is 18.7 Å². The number of aromatic nitrogens is 2. The van der Waals surface area contributed by atoms with Gasteiger partial charge in [-0.05, 0) is 43.4 Å². The Kier molecular flexibility index (Phi) is 7.95. The first-order chi connectivity index (χ1) is 14.5. The van der Waals surface area contributed by atoms with Crippen LogP contribution in [0.4, 0.5) is 14.3 Å². The van der Waals surface area contributed by atoms with Crippen LogP contribution in [0.3, 0.4) is 0 Å². The zero-order valence-corrected chi connectivity index (χ0v) is 17.7. The molecular weight excluding hydrogens is 409 g/mol. The number of piperidine rings is 1. The summed E-state index contributed by atoms with van der Waals surface area (Å²) >= 11 is 1.38. The van der Waals surface area contributed by atoms with Gasteiger partial charge in [0.2, 0.25) is 5.13 Å². The summed E-state index contributed by atoms with van der Waals surface area (Å²) in [5.41, 5.74) is 0.978. The maximum absolute atomic E-state index is 13.0. The summed E-state index contributed by atoms with van der Waals surface area (Å²) in [4.78, 5) is 29.9. The van der Waals surface area contributed by atoms with Gasteiger partial charge in [0, 0.05) is 37.6 Å². The van der Waals surface area contributed by atoms with Gasteiger partial charge >= 0.3 is 12.0 Å². The molecule has 0 atom stereocenters. The summed E-state index contributed by atoms with van der Waals surface area (Å²) in [5, 5.41) is 6.20. The number of urea groups is 1. The smallest absolute Gasteiger partial charge is 0.325 e. The number of nitrogens with zero attached hydrogens (tertiary/aromatic N) is 3. The number of esters is 1. The minimum Gasteiger partial charge on any atom is -0.465 e. The zero-order valence-electron chi connectivity index (χ0n) is 16.9. The summed E-state index contributed by atoms with van der Waals surface area (Å²) in [6.07, 6.45) is 2.45. The van der Waals surface area contributed by atoms with Crippen molar-refractivity contribution in [2.24, 2.45) is 5.92 Å². The second-order valence-corrected chi connectivity index (χ2v) is 7.83. The molecule has 0 bridgehead atoms. The van der Waals surface area contributed by atoms with Crippen LogP contribution in [0.15, 0.2) is 24.3 Å². The number of nitrogens with one attached hydrogen (secondary N) is 2. The van der Waals surface area contributed by atoms with Crippen molar-refractivity contribution in [1.82, 2.24) is 20.0 Å². The Morgan fingerprint density at radius 2 is 1.97 bits per heavy atom. The van der Waals surface area contributed by atoms with Gasteiger partial charge in [-0.2, -0.15) is 4.37 Å². The van der Waals surface area contributed by atoms with Crippen LogP contribution in [0.2, 0.25) is 0 Å². The molecule has 0 unspecified atom stereocenters. The molecule has 2 amide bonds. The molecule has 3 rings (SSSR count). The number of ether oxygens (including phenoxy) is 1. The van der Waals surface area contributed by atoms with Crippen molar-refractivity contribution in [2.75, 3.05) is 37.7 Å². The molecule has 0 spiro atoms. The lowest BCUT2D eigenvalue weighted by molar-refractivity contribution is -0.141. The molecule has 0 aliphatic carbocycles. The van der Waals surface area contributed by atoms with E-state index in [1.165, 1.54) is 23.7 Å². The van der Waals surface area contributed by atoms with Crippen molar-refractivity contribution >= 4 is 28.7 Å². The van der Waals surface area contributed by atoms with Gasteiger partial charge in [-0.25, -0.2) is 14.2 Å². The maximum Gasteiger partial charge on any atom is 0.325 e. The average Bonchev–Trinajstić information content (AvgIpc) is 3.21. The van der Waals surface area contributed by atoms with Crippen LogP contribution in [0, 0.1) is 11.7 Å². The van der Waals surface area contributed by atoms with E-state index in [2.05, 4.69) is 24.9 Å². The van der Waals surface area contributed by atoms with E-state index in [0.29, 0.717) is 25.5 Å². The molecule has 10 heteroatoms. The predicted molar refractivity (Wildman–Crippen MR) is 112 cm³/mol. The molecule has 0 saturated carbocycles. The lowest BCUT2D eigenvalue weighted by atomic mass is 9.97. The third-order valence-corrected chi connectivity index (χ3v) is 5.68. The van der Waals surface area contributed by atoms with Gasteiger partial charge < -0.3 is 20.3 Å². The fourth-order valence-corrected chi connectivity index (χ4v) is 3.96. The highest BCUT2D eigenvalue weighted by molar-refractivity contribution is 7.09. The number of hydrogen-bond acceptors (Lipinski definition) is 7. The molecule has 1 aromatic heterocycles. The topological polar surface area (TPSA) is 96.4 Å². The van der Waals surface area contributed by atoms with Crippen molar-refractivity contribution in [3.63, 3.8) is 0 Å². The van der Waals surface area contributed by atoms with Gasteiger partial charge in [-0.3, -0.25) is 4.79 Å². The highest BCUT2D eigenvalue weighted by Crippen LogP contribution is 2.25. The zero-order chi connectivity index (χ0) is 21.3. The lowest BCUT2D eigenvalue weighted by Crippen LogP contribution is -2.43. The minimum absolute atomic E-state index is 0.130. The Morgan fingerprint density at radius 1 is 1.23 bits per heavy atom. The van der Waals surface area contributed by atoms with Gasteiger partial charge in [0.05, 0.1) is 6.61 Å². The summed E-state index contributed by atoms with van der Waals surface area (Å²) in [5.74, 6) is 0.418. The highest BCUT2D eigenvalue weighted by atomic mass is 32.1. The van der Waals surface area contributed by atoms with Gasteiger partial charge in [-0.1, -0.05) is 12.1 Å². The SMILES string of the molecule is CCOC(=O)CNC(=O)NCC1CCN(c2nc(Cc3ccc(F)cc3)ns2)CC1. The highest BCUT2D eigenvalue weighted by Gasteiger charge is 2.22. The summed E-state index contributed by atoms with van der Waals surface area (Å²) in [6.45, 7) is 4.15. The largest absolute Gasteiger partial charge is 0.465 e. The molecule has 30 heavy (non-hydrogen) atoms. The maximum atomic E-state index is 13.0. The molecule has 2 heterocycles. The molecule has 1 fully saturated rings. The average molecular weight is 436 g/mol. The van der Waals surface area contributed by atoms with Gasteiger partial charge in [-0.15, -0.1) is 0 Å². The van der Waals surface area contributed by atoms with Crippen molar-refractivity contribution in [1.29, 1.82) is 0 Å². The second kappa shape index (κ2) is 10.9. The Labute approximate surface area is 179 Å². The number of amides is 2. The first kappa shape index (κ1) is 21.9. The van der Waals surface area contributed by atoms with E-state index in [1.54, 1.807) is 19.1 Å². The number of hydrogen-bond donors (Lipinski definition) is 2. The number of halogens is 1. The number of benzene rings is 1. The van der Waals surface area contributed by atoms with Crippen LogP contribution in [-0.4, -0.2) is 54.1 Å². The predicted octanol–water partition coefficient (Wildman–Crippen LogP) is 2.35. The first-order valence-electron chi connectivity index (χ1n) is 10.0. The van der Waals surface area contributed by atoms with E-state index >= 15 is 0 Å². The summed E-state index contributed by atoms with van der Waals surface area (Å²) in [7, 11) is 0. The quantitative estimate of drug-likeness (QED) is 0.618. The lowest BCUT2D eigenvalue weighted by Gasteiger charge is -2.31. The molecular formula is C20H26FN5O3S. The van der Waals surface area contributed by atoms with Crippen LogP contribution in [0.1, 0.15) is 31.2 Å². The monoisotopic (exact) mass is 435 g/mol. The normalized spacial score (nSPS) is 14.4. The Hall–Kier alpha value is -2.75.